The summed E-state index contributed by atoms with van der Waals surface area (Å²) in [5.74, 6) is 1.59. The fourth-order valence-electron chi connectivity index (χ4n) is 4.16. The van der Waals surface area contributed by atoms with Crippen LogP contribution < -0.4 is 9.47 Å². The third kappa shape index (κ3) is 8.30. The molecule has 2 amide bonds. The lowest BCUT2D eigenvalue weighted by Crippen LogP contribution is -2.37. The summed E-state index contributed by atoms with van der Waals surface area (Å²) in [4.78, 5) is 29.8. The molecule has 1 aliphatic heterocycles. The van der Waals surface area contributed by atoms with Gasteiger partial charge in [0.05, 0.1) is 13.2 Å². The number of nitrogens with zero attached hydrogens (tertiary/aromatic N) is 2. The number of unbranched alkanes of at least 4 members (excludes halogenated alkanes) is 4. The molecule has 190 valence electrons. The van der Waals surface area contributed by atoms with Crippen molar-refractivity contribution in [2.24, 2.45) is 0 Å². The van der Waals surface area contributed by atoms with Crippen LogP contribution in [0.5, 0.6) is 11.5 Å². The van der Waals surface area contributed by atoms with Gasteiger partial charge in [0.2, 0.25) is 0 Å². The lowest BCUT2D eigenvalue weighted by atomic mass is 10.2. The number of rotatable bonds is 12. The molecule has 0 bridgehead atoms. The second kappa shape index (κ2) is 14.4. The minimum atomic E-state index is 0.00130. The largest absolute Gasteiger partial charge is 0.494 e. The van der Waals surface area contributed by atoms with E-state index in [-0.39, 0.29) is 11.8 Å². The Labute approximate surface area is 210 Å². The Kier molecular flexibility index (Phi) is 10.9. The Balaban J connectivity index is 1.49. The van der Waals surface area contributed by atoms with Gasteiger partial charge in [-0.15, -0.1) is 0 Å². The topological polar surface area (TPSA) is 59.1 Å². The molecule has 1 fully saturated rings. The predicted octanol–water partition coefficient (Wildman–Crippen LogP) is 5.81. The number of amides is 2. The molecule has 0 saturated carbocycles. The molecule has 0 spiro atoms. The van der Waals surface area contributed by atoms with E-state index in [1.165, 1.54) is 0 Å². The maximum absolute atomic E-state index is 13.0. The fraction of sp³-hybridized carbons (Fsp3) is 0.517. The number of benzene rings is 2. The first-order valence-electron chi connectivity index (χ1n) is 13.2. The molecule has 1 saturated heterocycles. The number of hydrogen-bond acceptors (Lipinski definition) is 4. The molecule has 0 radical (unpaired) electrons. The van der Waals surface area contributed by atoms with Gasteiger partial charge in [-0.25, -0.2) is 0 Å². The summed E-state index contributed by atoms with van der Waals surface area (Å²) in [6, 6.07) is 14.8. The van der Waals surface area contributed by atoms with Gasteiger partial charge in [-0.05, 0) is 67.8 Å². The Hall–Kier alpha value is -3.02. The van der Waals surface area contributed by atoms with Crippen LogP contribution in [0.25, 0.3) is 0 Å². The van der Waals surface area contributed by atoms with Gasteiger partial charge in [0.1, 0.15) is 11.5 Å². The molecule has 0 aromatic heterocycles. The third-order valence-corrected chi connectivity index (χ3v) is 6.31. The molecule has 0 N–H and O–H groups in total. The van der Waals surface area contributed by atoms with E-state index in [9.17, 15) is 9.59 Å². The summed E-state index contributed by atoms with van der Waals surface area (Å²) in [6.45, 7) is 8.07. The summed E-state index contributed by atoms with van der Waals surface area (Å²) in [7, 11) is 0. The molecule has 0 unspecified atom stereocenters. The molecule has 35 heavy (non-hydrogen) atoms. The Morgan fingerprint density at radius 1 is 0.629 bits per heavy atom. The van der Waals surface area contributed by atoms with Crippen molar-refractivity contribution in [2.45, 2.75) is 58.8 Å². The first kappa shape index (κ1) is 26.6. The van der Waals surface area contributed by atoms with Gasteiger partial charge in [0, 0.05) is 37.3 Å². The smallest absolute Gasteiger partial charge is 0.253 e. The molecule has 1 heterocycles. The van der Waals surface area contributed by atoms with Crippen LogP contribution in [0.1, 0.15) is 79.5 Å². The summed E-state index contributed by atoms with van der Waals surface area (Å²) in [6.07, 6.45) is 7.48. The predicted molar refractivity (Wildman–Crippen MR) is 139 cm³/mol. The molecule has 3 rings (SSSR count). The maximum atomic E-state index is 13.0. The molecule has 6 heteroatoms. The van der Waals surface area contributed by atoms with E-state index in [2.05, 4.69) is 13.8 Å². The van der Waals surface area contributed by atoms with Gasteiger partial charge in [0.25, 0.3) is 11.8 Å². The van der Waals surface area contributed by atoms with Crippen LogP contribution in [0, 0.1) is 0 Å². The summed E-state index contributed by atoms with van der Waals surface area (Å²) in [5, 5.41) is 0. The second-order valence-electron chi connectivity index (χ2n) is 9.10. The zero-order valence-corrected chi connectivity index (χ0v) is 21.3. The quantitative estimate of drug-likeness (QED) is 0.360. The van der Waals surface area contributed by atoms with Gasteiger partial charge < -0.3 is 19.3 Å². The summed E-state index contributed by atoms with van der Waals surface area (Å²) in [5.41, 5.74) is 1.31. The average molecular weight is 481 g/mol. The van der Waals surface area contributed by atoms with Crippen molar-refractivity contribution in [2.75, 3.05) is 39.4 Å². The van der Waals surface area contributed by atoms with Gasteiger partial charge >= 0.3 is 0 Å². The van der Waals surface area contributed by atoms with E-state index in [0.717, 1.165) is 56.4 Å². The van der Waals surface area contributed by atoms with E-state index in [4.69, 9.17) is 9.47 Å². The van der Waals surface area contributed by atoms with Gasteiger partial charge in [-0.2, -0.15) is 0 Å². The van der Waals surface area contributed by atoms with Crippen LogP contribution in [0.15, 0.2) is 48.5 Å². The van der Waals surface area contributed by atoms with E-state index in [1.807, 2.05) is 58.3 Å². The minimum absolute atomic E-state index is 0.00130. The van der Waals surface area contributed by atoms with E-state index < -0.39 is 0 Å². The zero-order chi connectivity index (χ0) is 24.9. The van der Waals surface area contributed by atoms with Crippen molar-refractivity contribution in [1.29, 1.82) is 0 Å². The Morgan fingerprint density at radius 2 is 1.03 bits per heavy atom. The van der Waals surface area contributed by atoms with Gasteiger partial charge in [0.15, 0.2) is 0 Å². The summed E-state index contributed by atoms with van der Waals surface area (Å²) >= 11 is 0. The van der Waals surface area contributed by atoms with Crippen LogP contribution in [-0.2, 0) is 0 Å². The van der Waals surface area contributed by atoms with E-state index >= 15 is 0 Å². The molecule has 2 aromatic rings. The van der Waals surface area contributed by atoms with Crippen LogP contribution in [0.2, 0.25) is 0 Å². The maximum Gasteiger partial charge on any atom is 0.253 e. The highest BCUT2D eigenvalue weighted by atomic mass is 16.5. The van der Waals surface area contributed by atoms with Gasteiger partial charge in [-0.1, -0.05) is 39.5 Å². The lowest BCUT2D eigenvalue weighted by molar-refractivity contribution is 0.0718. The fourth-order valence-corrected chi connectivity index (χ4v) is 4.16. The number of carbonyl (C=O) groups is 2. The van der Waals surface area contributed by atoms with Crippen molar-refractivity contribution in [3.63, 3.8) is 0 Å². The number of hydrogen-bond donors (Lipinski definition) is 0. The van der Waals surface area contributed by atoms with Crippen molar-refractivity contribution in [3.05, 3.63) is 59.7 Å². The Morgan fingerprint density at radius 3 is 1.40 bits per heavy atom. The third-order valence-electron chi connectivity index (χ3n) is 6.31. The monoisotopic (exact) mass is 480 g/mol. The van der Waals surface area contributed by atoms with E-state index in [1.54, 1.807) is 0 Å². The minimum Gasteiger partial charge on any atom is -0.494 e. The Bertz CT molecular complexity index is 836. The molecule has 2 aromatic carbocycles. The van der Waals surface area contributed by atoms with Crippen LogP contribution >= 0.6 is 0 Å². The normalized spacial score (nSPS) is 13.9. The van der Waals surface area contributed by atoms with Crippen LogP contribution in [-0.4, -0.2) is 61.0 Å². The first-order valence-corrected chi connectivity index (χ1v) is 13.2. The first-order chi connectivity index (χ1) is 17.1. The standard InChI is InChI=1S/C29H40N2O4/c1-3-5-7-22-34-26-14-10-24(11-15-26)28(32)30-18-9-19-31(21-20-30)29(33)25-12-16-27(17-13-25)35-23-8-6-4-2/h10-17H,3-9,18-23H2,1-2H3. The zero-order valence-electron chi connectivity index (χ0n) is 21.3. The summed E-state index contributed by atoms with van der Waals surface area (Å²) < 4.78 is 11.5. The molecule has 0 aliphatic carbocycles. The number of carbonyl (C=O) groups excluding carboxylic acids is 2. The van der Waals surface area contributed by atoms with E-state index in [0.29, 0.717) is 50.5 Å². The van der Waals surface area contributed by atoms with Crippen molar-refractivity contribution < 1.29 is 19.1 Å². The lowest BCUT2D eigenvalue weighted by Gasteiger charge is -2.22. The molecule has 1 aliphatic rings. The molecular formula is C29H40N2O4. The molecule has 0 atom stereocenters. The van der Waals surface area contributed by atoms with Gasteiger partial charge in [-0.3, -0.25) is 9.59 Å². The SMILES string of the molecule is CCCCCOc1ccc(C(=O)N2CCCN(C(=O)c3ccc(OCCCCC)cc3)CC2)cc1. The highest BCUT2D eigenvalue weighted by Gasteiger charge is 2.23. The highest BCUT2D eigenvalue weighted by Crippen LogP contribution is 2.18. The highest BCUT2D eigenvalue weighted by molar-refractivity contribution is 5.95. The van der Waals surface area contributed by atoms with Crippen LogP contribution in [0.3, 0.4) is 0 Å². The van der Waals surface area contributed by atoms with Crippen molar-refractivity contribution >= 4 is 11.8 Å². The van der Waals surface area contributed by atoms with Crippen LogP contribution in [0.4, 0.5) is 0 Å². The molecule has 6 nitrogen and oxygen atoms in total. The van der Waals surface area contributed by atoms with Crippen molar-refractivity contribution in [3.8, 4) is 11.5 Å². The number of ether oxygens (including phenoxy) is 2. The average Bonchev–Trinajstić information content (AvgIpc) is 3.15. The van der Waals surface area contributed by atoms with Crippen molar-refractivity contribution in [1.82, 2.24) is 9.80 Å². The second-order valence-corrected chi connectivity index (χ2v) is 9.10. The molecular weight excluding hydrogens is 440 g/mol.